The molecule has 0 spiro atoms. The third-order valence-corrected chi connectivity index (χ3v) is 2.73. The van der Waals surface area contributed by atoms with Gasteiger partial charge in [-0.2, -0.15) is 5.10 Å². The van der Waals surface area contributed by atoms with Crippen LogP contribution in [-0.4, -0.2) is 14.8 Å². The molecule has 2 heterocycles. The summed E-state index contributed by atoms with van der Waals surface area (Å²) in [5, 5.41) is 4.38. The fourth-order valence-electron chi connectivity index (χ4n) is 1.64. The molecule has 3 N–H and O–H groups in total. The zero-order chi connectivity index (χ0) is 12.4. The van der Waals surface area contributed by atoms with Crippen molar-refractivity contribution in [3.63, 3.8) is 0 Å². The highest BCUT2D eigenvalue weighted by atomic mass is 35.5. The summed E-state index contributed by atoms with van der Waals surface area (Å²) in [5.74, 6) is 5.00. The highest BCUT2D eigenvalue weighted by Crippen LogP contribution is 2.27. The molecule has 1 unspecified atom stereocenters. The highest BCUT2D eigenvalue weighted by Gasteiger charge is 2.23. The Morgan fingerprint density at radius 3 is 2.88 bits per heavy atom. The molecule has 0 amide bonds. The number of hydrazine groups is 1. The zero-order valence-corrected chi connectivity index (χ0v) is 9.82. The van der Waals surface area contributed by atoms with Crippen molar-refractivity contribution in [1.82, 2.24) is 20.2 Å². The molecule has 5 nitrogen and oxygen atoms in total. The van der Waals surface area contributed by atoms with E-state index in [1.54, 1.807) is 7.05 Å². The number of halogens is 2. The van der Waals surface area contributed by atoms with E-state index in [0.717, 1.165) is 0 Å². The van der Waals surface area contributed by atoms with Crippen LogP contribution in [0.4, 0.5) is 4.39 Å². The Morgan fingerprint density at radius 2 is 2.35 bits per heavy atom. The molecule has 0 radical (unpaired) electrons. The first-order valence-electron chi connectivity index (χ1n) is 4.89. The molecule has 0 saturated heterocycles. The fourth-order valence-corrected chi connectivity index (χ4v) is 1.92. The van der Waals surface area contributed by atoms with Gasteiger partial charge in [0.15, 0.2) is 0 Å². The van der Waals surface area contributed by atoms with Crippen LogP contribution in [0.5, 0.6) is 0 Å². The summed E-state index contributed by atoms with van der Waals surface area (Å²) in [6.07, 6.45) is 2.97. The second-order valence-electron chi connectivity index (χ2n) is 3.47. The SMILES string of the molecule is Cn1ncc(Cl)c1C(NN)c1ncccc1F. The lowest BCUT2D eigenvalue weighted by atomic mass is 10.1. The van der Waals surface area contributed by atoms with Crippen LogP contribution >= 0.6 is 11.6 Å². The van der Waals surface area contributed by atoms with Crippen LogP contribution in [0.15, 0.2) is 24.5 Å². The van der Waals surface area contributed by atoms with Crippen LogP contribution in [-0.2, 0) is 7.05 Å². The molecule has 0 aliphatic rings. The molecule has 0 fully saturated rings. The number of aryl methyl sites for hydroxylation is 1. The number of nitrogens with one attached hydrogen (secondary N) is 1. The summed E-state index contributed by atoms with van der Waals surface area (Å²) in [4.78, 5) is 3.97. The second kappa shape index (κ2) is 4.79. The standard InChI is InChI=1S/C10H11ClFN5/c1-17-10(6(11)5-15-17)9(16-13)8-7(12)3-2-4-14-8/h2-5,9,16H,13H2,1H3. The first-order valence-corrected chi connectivity index (χ1v) is 5.27. The maximum absolute atomic E-state index is 13.7. The summed E-state index contributed by atoms with van der Waals surface area (Å²) < 4.78 is 15.2. The maximum Gasteiger partial charge on any atom is 0.146 e. The molecule has 17 heavy (non-hydrogen) atoms. The van der Waals surface area contributed by atoms with Crippen LogP contribution in [0.25, 0.3) is 0 Å². The van der Waals surface area contributed by atoms with E-state index in [9.17, 15) is 4.39 Å². The van der Waals surface area contributed by atoms with Crippen molar-refractivity contribution in [2.24, 2.45) is 12.9 Å². The lowest BCUT2D eigenvalue weighted by Gasteiger charge is -2.16. The number of nitrogens with two attached hydrogens (primary N) is 1. The van der Waals surface area contributed by atoms with Crippen LogP contribution in [0.1, 0.15) is 17.4 Å². The third-order valence-electron chi connectivity index (χ3n) is 2.44. The van der Waals surface area contributed by atoms with Gasteiger partial charge in [-0.25, -0.2) is 9.82 Å². The van der Waals surface area contributed by atoms with E-state index < -0.39 is 11.9 Å². The van der Waals surface area contributed by atoms with Gasteiger partial charge in [-0.3, -0.25) is 15.5 Å². The van der Waals surface area contributed by atoms with Gasteiger partial charge in [0.1, 0.15) is 17.6 Å². The van der Waals surface area contributed by atoms with Gasteiger partial charge in [-0.05, 0) is 12.1 Å². The fraction of sp³-hybridized carbons (Fsp3) is 0.200. The molecule has 0 saturated carbocycles. The maximum atomic E-state index is 13.7. The van der Waals surface area contributed by atoms with Crippen molar-refractivity contribution in [2.75, 3.05) is 0 Å². The van der Waals surface area contributed by atoms with Gasteiger partial charge in [0.2, 0.25) is 0 Å². The molecule has 0 aliphatic heterocycles. The van der Waals surface area contributed by atoms with Crippen molar-refractivity contribution >= 4 is 11.6 Å². The molecule has 2 aromatic heterocycles. The molecule has 0 bridgehead atoms. The van der Waals surface area contributed by atoms with Crippen molar-refractivity contribution in [3.8, 4) is 0 Å². The molecular weight excluding hydrogens is 245 g/mol. The summed E-state index contributed by atoms with van der Waals surface area (Å²) in [6.45, 7) is 0. The number of nitrogens with zero attached hydrogens (tertiary/aromatic N) is 3. The largest absolute Gasteiger partial charge is 0.270 e. The smallest absolute Gasteiger partial charge is 0.146 e. The molecule has 0 aliphatic carbocycles. The minimum absolute atomic E-state index is 0.181. The van der Waals surface area contributed by atoms with Gasteiger partial charge in [0.25, 0.3) is 0 Å². The first-order chi connectivity index (χ1) is 8.15. The average molecular weight is 256 g/mol. The van der Waals surface area contributed by atoms with Gasteiger partial charge < -0.3 is 0 Å². The van der Waals surface area contributed by atoms with E-state index in [0.29, 0.717) is 10.7 Å². The molecule has 7 heteroatoms. The second-order valence-corrected chi connectivity index (χ2v) is 3.88. The molecule has 90 valence electrons. The molecular formula is C10H11ClFN5. The molecule has 1 atom stereocenters. The van der Waals surface area contributed by atoms with E-state index in [2.05, 4.69) is 15.5 Å². The van der Waals surface area contributed by atoms with Crippen LogP contribution in [0, 0.1) is 5.82 Å². The molecule has 0 aromatic carbocycles. The predicted octanol–water partition coefficient (Wildman–Crippen LogP) is 1.16. The van der Waals surface area contributed by atoms with E-state index in [4.69, 9.17) is 17.4 Å². The Balaban J connectivity index is 2.52. The Kier molecular flexibility index (Phi) is 3.37. The molecule has 2 rings (SSSR count). The zero-order valence-electron chi connectivity index (χ0n) is 9.06. The van der Waals surface area contributed by atoms with Gasteiger partial charge in [0.05, 0.1) is 16.9 Å². The normalized spacial score (nSPS) is 12.7. The van der Waals surface area contributed by atoms with Crippen molar-refractivity contribution in [1.29, 1.82) is 0 Å². The third kappa shape index (κ3) is 2.14. The van der Waals surface area contributed by atoms with Crippen molar-refractivity contribution in [3.05, 3.63) is 46.8 Å². The van der Waals surface area contributed by atoms with Crippen LogP contribution in [0.2, 0.25) is 5.02 Å². The van der Waals surface area contributed by atoms with Crippen LogP contribution < -0.4 is 11.3 Å². The monoisotopic (exact) mass is 255 g/mol. The topological polar surface area (TPSA) is 68.8 Å². The van der Waals surface area contributed by atoms with Crippen molar-refractivity contribution < 1.29 is 4.39 Å². The van der Waals surface area contributed by atoms with E-state index >= 15 is 0 Å². The number of hydrogen-bond acceptors (Lipinski definition) is 4. The van der Waals surface area contributed by atoms with Gasteiger partial charge in [-0.15, -0.1) is 0 Å². The first kappa shape index (κ1) is 12.0. The number of hydrogen-bond donors (Lipinski definition) is 2. The summed E-state index contributed by atoms with van der Waals surface area (Å²) in [5.41, 5.74) is 3.24. The van der Waals surface area contributed by atoms with E-state index in [1.807, 2.05) is 0 Å². The minimum Gasteiger partial charge on any atom is -0.270 e. The predicted molar refractivity (Wildman–Crippen MR) is 61.6 cm³/mol. The minimum atomic E-state index is -0.642. The number of pyridine rings is 1. The Hall–Kier alpha value is -1.50. The van der Waals surface area contributed by atoms with Gasteiger partial charge in [0, 0.05) is 13.2 Å². The highest BCUT2D eigenvalue weighted by molar-refractivity contribution is 6.31. The van der Waals surface area contributed by atoms with Gasteiger partial charge >= 0.3 is 0 Å². The number of aromatic nitrogens is 3. The lowest BCUT2D eigenvalue weighted by molar-refractivity contribution is 0.518. The summed E-state index contributed by atoms with van der Waals surface area (Å²) in [7, 11) is 1.70. The Morgan fingerprint density at radius 1 is 1.59 bits per heavy atom. The number of rotatable bonds is 3. The average Bonchev–Trinajstić information content (AvgIpc) is 2.64. The Labute approximate surface area is 102 Å². The van der Waals surface area contributed by atoms with Crippen LogP contribution in [0.3, 0.4) is 0 Å². The van der Waals surface area contributed by atoms with Gasteiger partial charge in [-0.1, -0.05) is 11.6 Å². The Bertz CT molecular complexity index is 508. The lowest BCUT2D eigenvalue weighted by Crippen LogP contribution is -2.32. The quantitative estimate of drug-likeness (QED) is 0.638. The van der Waals surface area contributed by atoms with E-state index in [1.165, 1.54) is 29.2 Å². The van der Waals surface area contributed by atoms with Crippen molar-refractivity contribution in [2.45, 2.75) is 6.04 Å². The summed E-state index contributed by atoms with van der Waals surface area (Å²) >= 11 is 5.99. The molecule has 2 aromatic rings. The summed E-state index contributed by atoms with van der Waals surface area (Å²) in [6, 6.07) is 2.19. The van der Waals surface area contributed by atoms with E-state index in [-0.39, 0.29) is 5.69 Å².